The van der Waals surface area contributed by atoms with E-state index in [0.29, 0.717) is 36.7 Å². The van der Waals surface area contributed by atoms with Crippen molar-refractivity contribution in [1.82, 2.24) is 5.16 Å². The van der Waals surface area contributed by atoms with Gasteiger partial charge in [-0.1, -0.05) is 42.8 Å². The molecule has 5 aliphatic rings. The van der Waals surface area contributed by atoms with E-state index < -0.39 is 0 Å². The Hall–Kier alpha value is -3.13. The third-order valence-corrected chi connectivity index (χ3v) is 12.0. The summed E-state index contributed by atoms with van der Waals surface area (Å²) >= 11 is 0. The van der Waals surface area contributed by atoms with Gasteiger partial charge in [0.05, 0.1) is 12.3 Å². The number of aromatic nitrogens is 1. The normalized spacial score (nSPS) is 37.3. The van der Waals surface area contributed by atoms with Crippen LogP contribution < -0.4 is 9.47 Å². The lowest BCUT2D eigenvalue weighted by molar-refractivity contribution is -0.149. The van der Waals surface area contributed by atoms with E-state index >= 15 is 0 Å². The van der Waals surface area contributed by atoms with Crippen molar-refractivity contribution in [3.05, 3.63) is 53.4 Å². The minimum Gasteiger partial charge on any atom is -0.486 e. The predicted octanol–water partition coefficient (Wildman–Crippen LogP) is 6.82. The lowest BCUT2D eigenvalue weighted by Gasteiger charge is -2.58. The molecule has 0 N–H and O–H groups in total. The van der Waals surface area contributed by atoms with Crippen LogP contribution in [0, 0.1) is 34.5 Å². The van der Waals surface area contributed by atoms with Crippen molar-refractivity contribution >= 4 is 11.8 Å². The smallest absolute Gasteiger partial charge is 0.302 e. The first-order valence-corrected chi connectivity index (χ1v) is 16.4. The summed E-state index contributed by atoms with van der Waals surface area (Å²) in [6, 6.07) is 9.66. The van der Waals surface area contributed by atoms with E-state index in [1.54, 1.807) is 6.92 Å². The predicted molar refractivity (Wildman–Crippen MR) is 162 cm³/mol. The van der Waals surface area contributed by atoms with Gasteiger partial charge < -0.3 is 23.5 Å². The summed E-state index contributed by atoms with van der Waals surface area (Å²) in [5.74, 6) is 3.78. The number of hydrogen-bond acceptors (Lipinski definition) is 8. The standard InChI is InChI=1S/C36H45NO7/c1-21(38)34-28(31-16-25(44-37-31)18-40-19-26-20-41-32-7-5-6-8-33(32)43-26)17-30-27-10-9-23-15-24(42-22(2)39)11-13-35(23,3)29(27)12-14-36(30,34)4/h5-9,16,24,26-30,34H,10-15,17-20H2,1-4H3/t24-,26?,27+,28-,29-,30-,34?,35-,36-/m0/s1. The molecule has 44 heavy (non-hydrogen) atoms. The second-order valence-corrected chi connectivity index (χ2v) is 14.4. The van der Waals surface area contributed by atoms with Gasteiger partial charge in [-0.25, -0.2) is 0 Å². The summed E-state index contributed by atoms with van der Waals surface area (Å²) in [7, 11) is 0. The van der Waals surface area contributed by atoms with Crippen LogP contribution in [0.15, 0.2) is 46.5 Å². The van der Waals surface area contributed by atoms with Gasteiger partial charge in [0.15, 0.2) is 23.4 Å². The summed E-state index contributed by atoms with van der Waals surface area (Å²) in [5.41, 5.74) is 2.44. The quantitative estimate of drug-likeness (QED) is 0.251. The molecule has 3 saturated carbocycles. The number of hydrogen-bond donors (Lipinski definition) is 0. The number of Topliss-reactive ketones (excluding diaryl/α,β-unsaturated/α-hetero) is 1. The van der Waals surface area contributed by atoms with Crippen molar-refractivity contribution in [2.24, 2.45) is 34.5 Å². The van der Waals surface area contributed by atoms with E-state index in [0.717, 1.165) is 62.1 Å². The third kappa shape index (κ3) is 5.07. The molecule has 2 heterocycles. The monoisotopic (exact) mass is 603 g/mol. The van der Waals surface area contributed by atoms with Crippen LogP contribution in [0.2, 0.25) is 0 Å². The molecule has 1 aliphatic heterocycles. The Bertz CT molecular complexity index is 1450. The van der Waals surface area contributed by atoms with Crippen LogP contribution in [0.3, 0.4) is 0 Å². The molecule has 0 spiro atoms. The van der Waals surface area contributed by atoms with Gasteiger partial charge in [0.1, 0.15) is 25.1 Å². The molecule has 0 amide bonds. The van der Waals surface area contributed by atoms with Crippen molar-refractivity contribution in [2.45, 2.75) is 97.4 Å². The van der Waals surface area contributed by atoms with Gasteiger partial charge in [0.2, 0.25) is 0 Å². The molecule has 236 valence electrons. The van der Waals surface area contributed by atoms with Gasteiger partial charge in [0, 0.05) is 31.2 Å². The largest absolute Gasteiger partial charge is 0.486 e. The summed E-state index contributed by atoms with van der Waals surface area (Å²) in [6.07, 6.45) is 9.29. The van der Waals surface area contributed by atoms with E-state index in [1.165, 1.54) is 12.5 Å². The number of ether oxygens (including phenoxy) is 4. The lowest BCUT2D eigenvalue weighted by Crippen LogP contribution is -2.51. The second-order valence-electron chi connectivity index (χ2n) is 14.4. The molecule has 4 aliphatic carbocycles. The molecule has 0 saturated heterocycles. The fourth-order valence-electron chi connectivity index (χ4n) is 10.1. The van der Waals surface area contributed by atoms with Crippen molar-refractivity contribution in [1.29, 1.82) is 0 Å². The molecule has 9 atom stereocenters. The SMILES string of the molecule is CC(=O)O[C@H]1CC[C@@]2(C)C(=CC[C@@H]3[C@@H]2CC[C@]2(C)C(C(C)=O)[C@H](c4cc(COCC5COc6ccccc6O5)on4)C[C@@H]32)C1. The molecule has 2 aromatic rings. The Morgan fingerprint density at radius 3 is 2.68 bits per heavy atom. The Labute approximate surface area is 259 Å². The van der Waals surface area contributed by atoms with Crippen molar-refractivity contribution in [2.75, 3.05) is 13.2 Å². The van der Waals surface area contributed by atoms with E-state index in [-0.39, 0.29) is 53.2 Å². The molecule has 0 bridgehead atoms. The second kappa shape index (κ2) is 11.3. The van der Waals surface area contributed by atoms with Gasteiger partial charge in [-0.15, -0.1) is 0 Å². The van der Waals surface area contributed by atoms with E-state index in [4.69, 9.17) is 23.5 Å². The number of nitrogens with zero attached hydrogens (tertiary/aromatic N) is 1. The maximum atomic E-state index is 13.3. The maximum Gasteiger partial charge on any atom is 0.302 e. The molecule has 2 unspecified atom stereocenters. The van der Waals surface area contributed by atoms with E-state index in [1.807, 2.05) is 30.3 Å². The van der Waals surface area contributed by atoms with Crippen LogP contribution in [0.1, 0.15) is 90.0 Å². The van der Waals surface area contributed by atoms with Crippen LogP contribution in [0.4, 0.5) is 0 Å². The van der Waals surface area contributed by atoms with Crippen LogP contribution in [0.5, 0.6) is 11.5 Å². The van der Waals surface area contributed by atoms with Gasteiger partial charge in [0.25, 0.3) is 0 Å². The van der Waals surface area contributed by atoms with Gasteiger partial charge in [-0.05, 0) is 86.2 Å². The minimum atomic E-state index is -0.191. The highest BCUT2D eigenvalue weighted by molar-refractivity contribution is 5.81. The molecule has 7 rings (SSSR count). The van der Waals surface area contributed by atoms with E-state index in [2.05, 4.69) is 25.1 Å². The molecular weight excluding hydrogens is 558 g/mol. The number of fused-ring (bicyclic) bond motifs is 6. The molecule has 8 nitrogen and oxygen atoms in total. The summed E-state index contributed by atoms with van der Waals surface area (Å²) in [4.78, 5) is 25.0. The average molecular weight is 604 g/mol. The van der Waals surface area contributed by atoms with Crippen molar-refractivity contribution in [3.8, 4) is 11.5 Å². The Kier molecular flexibility index (Phi) is 7.62. The number of benzene rings is 1. The number of carbonyl (C=O) groups excluding carboxylic acids is 2. The molecular formula is C36H45NO7. The first-order valence-electron chi connectivity index (χ1n) is 16.4. The zero-order chi connectivity index (χ0) is 30.6. The first kappa shape index (κ1) is 29.6. The fraction of sp³-hybridized carbons (Fsp3) is 0.639. The van der Waals surface area contributed by atoms with Gasteiger partial charge in [-0.2, -0.15) is 0 Å². The van der Waals surface area contributed by atoms with Crippen LogP contribution in [0.25, 0.3) is 0 Å². The number of allylic oxidation sites excluding steroid dienone is 1. The van der Waals surface area contributed by atoms with Crippen LogP contribution in [-0.2, 0) is 25.7 Å². The summed E-state index contributed by atoms with van der Waals surface area (Å²) < 4.78 is 29.2. The van der Waals surface area contributed by atoms with Gasteiger partial charge in [-0.3, -0.25) is 9.59 Å². The van der Waals surface area contributed by atoms with Crippen molar-refractivity contribution < 1.29 is 33.1 Å². The summed E-state index contributed by atoms with van der Waals surface area (Å²) in [5, 5.41) is 4.51. The highest BCUT2D eigenvalue weighted by atomic mass is 16.6. The van der Waals surface area contributed by atoms with Gasteiger partial charge >= 0.3 is 5.97 Å². The maximum absolute atomic E-state index is 13.3. The Balaban J connectivity index is 1.04. The minimum absolute atomic E-state index is 0.000713. The number of rotatable bonds is 7. The van der Waals surface area contributed by atoms with Crippen LogP contribution in [-0.4, -0.2) is 42.3 Å². The zero-order valence-corrected chi connectivity index (χ0v) is 26.4. The number of carbonyl (C=O) groups is 2. The molecule has 1 aromatic carbocycles. The summed E-state index contributed by atoms with van der Waals surface area (Å²) in [6.45, 7) is 9.20. The number of para-hydroxylation sites is 2. The average Bonchev–Trinajstić information content (AvgIpc) is 3.59. The topological polar surface area (TPSA) is 97.1 Å². The zero-order valence-electron chi connectivity index (χ0n) is 26.4. The van der Waals surface area contributed by atoms with E-state index in [9.17, 15) is 9.59 Å². The fourth-order valence-corrected chi connectivity index (χ4v) is 10.1. The number of ketones is 1. The highest BCUT2D eigenvalue weighted by Gasteiger charge is 2.62. The highest BCUT2D eigenvalue weighted by Crippen LogP contribution is 2.68. The lowest BCUT2D eigenvalue weighted by atomic mass is 9.47. The van der Waals surface area contributed by atoms with Crippen molar-refractivity contribution in [3.63, 3.8) is 0 Å². The Morgan fingerprint density at radius 2 is 1.89 bits per heavy atom. The first-order chi connectivity index (χ1) is 21.2. The molecule has 1 aromatic heterocycles. The Morgan fingerprint density at radius 1 is 1.07 bits per heavy atom. The number of esters is 1. The molecule has 8 heteroatoms. The molecule has 3 fully saturated rings. The molecule has 0 radical (unpaired) electrons. The third-order valence-electron chi connectivity index (χ3n) is 12.0. The van der Waals surface area contributed by atoms with Crippen LogP contribution >= 0.6 is 0 Å².